The number of hydrogen-bond donors (Lipinski definition) is 1. The monoisotopic (exact) mass is 353 g/mol. The first-order chi connectivity index (χ1) is 12.5. The second-order valence-corrected chi connectivity index (χ2v) is 6.87. The van der Waals surface area contributed by atoms with Crippen molar-refractivity contribution >= 4 is 5.91 Å². The zero-order valence-corrected chi connectivity index (χ0v) is 16.7. The summed E-state index contributed by atoms with van der Waals surface area (Å²) in [4.78, 5) is 12.6. The Bertz CT molecular complexity index is 732. The number of amides is 1. The third-order valence-corrected chi connectivity index (χ3v) is 4.65. The fourth-order valence-corrected chi connectivity index (χ4v) is 3.19. The Morgan fingerprint density at radius 2 is 1.65 bits per heavy atom. The van der Waals surface area contributed by atoms with Crippen LogP contribution >= 0.6 is 0 Å². The van der Waals surface area contributed by atoms with Crippen LogP contribution in [0.3, 0.4) is 0 Å². The summed E-state index contributed by atoms with van der Waals surface area (Å²) in [6.07, 6.45) is 2.12. The summed E-state index contributed by atoms with van der Waals surface area (Å²) in [5.41, 5.74) is 6.05. The molecule has 3 heteroatoms. The van der Waals surface area contributed by atoms with Crippen LogP contribution < -0.4 is 10.1 Å². The van der Waals surface area contributed by atoms with E-state index in [4.69, 9.17) is 4.74 Å². The summed E-state index contributed by atoms with van der Waals surface area (Å²) >= 11 is 0. The molecule has 0 aliphatic carbocycles. The fourth-order valence-electron chi connectivity index (χ4n) is 3.19. The van der Waals surface area contributed by atoms with Crippen molar-refractivity contribution in [3.05, 3.63) is 64.2 Å². The highest BCUT2D eigenvalue weighted by molar-refractivity contribution is 5.81. The number of hydrogen-bond acceptors (Lipinski definition) is 2. The zero-order valence-electron chi connectivity index (χ0n) is 16.7. The van der Waals surface area contributed by atoms with E-state index in [0.717, 1.165) is 29.7 Å². The summed E-state index contributed by atoms with van der Waals surface area (Å²) in [6, 6.07) is 12.6. The number of benzene rings is 2. The van der Waals surface area contributed by atoms with Crippen molar-refractivity contribution < 1.29 is 9.53 Å². The van der Waals surface area contributed by atoms with Gasteiger partial charge in [0, 0.05) is 6.54 Å². The number of rotatable bonds is 8. The molecule has 0 spiro atoms. The average molecular weight is 354 g/mol. The van der Waals surface area contributed by atoms with Crippen LogP contribution in [0.1, 0.15) is 55.0 Å². The number of carbonyl (C=O) groups is 1. The van der Waals surface area contributed by atoms with Gasteiger partial charge in [0.15, 0.2) is 6.10 Å². The molecule has 2 aromatic rings. The van der Waals surface area contributed by atoms with Gasteiger partial charge in [-0.05, 0) is 73.1 Å². The summed E-state index contributed by atoms with van der Waals surface area (Å²) in [6.45, 7) is 10.9. The number of carbonyl (C=O) groups excluding carboxylic acids is 1. The minimum atomic E-state index is -0.476. The van der Waals surface area contributed by atoms with E-state index in [-0.39, 0.29) is 5.91 Å². The van der Waals surface area contributed by atoms with Crippen LogP contribution in [-0.4, -0.2) is 12.0 Å². The van der Waals surface area contributed by atoms with Gasteiger partial charge in [0.25, 0.3) is 5.91 Å². The van der Waals surface area contributed by atoms with E-state index in [9.17, 15) is 4.79 Å². The lowest BCUT2D eigenvalue weighted by Crippen LogP contribution is -2.37. The van der Waals surface area contributed by atoms with Crippen molar-refractivity contribution in [2.24, 2.45) is 0 Å². The van der Waals surface area contributed by atoms with E-state index in [0.29, 0.717) is 13.0 Å². The van der Waals surface area contributed by atoms with Crippen molar-refractivity contribution in [1.29, 1.82) is 0 Å². The van der Waals surface area contributed by atoms with Gasteiger partial charge in [0.05, 0.1) is 0 Å². The molecule has 1 atom stereocenters. The van der Waals surface area contributed by atoms with E-state index < -0.39 is 6.10 Å². The highest BCUT2D eigenvalue weighted by Gasteiger charge is 2.18. The minimum absolute atomic E-state index is 0.0596. The maximum Gasteiger partial charge on any atom is 0.261 e. The normalized spacial score (nSPS) is 11.9. The van der Waals surface area contributed by atoms with Crippen molar-refractivity contribution in [2.75, 3.05) is 0 Å². The van der Waals surface area contributed by atoms with Crippen molar-refractivity contribution in [2.45, 2.75) is 66.5 Å². The van der Waals surface area contributed by atoms with Gasteiger partial charge in [0.1, 0.15) is 5.75 Å². The van der Waals surface area contributed by atoms with Gasteiger partial charge < -0.3 is 10.1 Å². The van der Waals surface area contributed by atoms with Crippen LogP contribution in [0.15, 0.2) is 36.4 Å². The minimum Gasteiger partial charge on any atom is -0.481 e. The molecule has 26 heavy (non-hydrogen) atoms. The van der Waals surface area contributed by atoms with E-state index >= 15 is 0 Å². The molecular weight excluding hydrogens is 322 g/mol. The van der Waals surface area contributed by atoms with Crippen LogP contribution in [-0.2, 0) is 24.2 Å². The van der Waals surface area contributed by atoms with Crippen LogP contribution in [0.2, 0.25) is 0 Å². The van der Waals surface area contributed by atoms with Gasteiger partial charge >= 0.3 is 0 Å². The zero-order chi connectivity index (χ0) is 19.1. The smallest absolute Gasteiger partial charge is 0.261 e. The van der Waals surface area contributed by atoms with E-state index in [1.165, 1.54) is 16.7 Å². The van der Waals surface area contributed by atoms with Crippen molar-refractivity contribution in [3.63, 3.8) is 0 Å². The SMILES string of the molecule is CCc1ccc(CC)c(CNC(=O)[C@@H](CC)Oc2cc(C)cc(C)c2)c1. The Labute approximate surface area is 157 Å². The summed E-state index contributed by atoms with van der Waals surface area (Å²) < 4.78 is 5.96. The highest BCUT2D eigenvalue weighted by Crippen LogP contribution is 2.19. The lowest BCUT2D eigenvalue weighted by molar-refractivity contribution is -0.128. The molecule has 0 saturated heterocycles. The lowest BCUT2D eigenvalue weighted by Gasteiger charge is -2.19. The average Bonchev–Trinajstić information content (AvgIpc) is 2.63. The molecule has 0 aliphatic heterocycles. The van der Waals surface area contributed by atoms with Gasteiger partial charge in [-0.25, -0.2) is 0 Å². The third kappa shape index (κ3) is 5.35. The van der Waals surface area contributed by atoms with Crippen LogP contribution in [0, 0.1) is 13.8 Å². The van der Waals surface area contributed by atoms with Crippen molar-refractivity contribution in [3.8, 4) is 5.75 Å². The molecule has 1 N–H and O–H groups in total. The van der Waals surface area contributed by atoms with Crippen LogP contribution in [0.4, 0.5) is 0 Å². The van der Waals surface area contributed by atoms with Crippen LogP contribution in [0.25, 0.3) is 0 Å². The Balaban J connectivity index is 2.05. The van der Waals surface area contributed by atoms with E-state index in [1.54, 1.807) is 0 Å². The first kappa shape index (κ1) is 20.0. The molecule has 0 fully saturated rings. The number of aryl methyl sites for hydroxylation is 4. The maximum absolute atomic E-state index is 12.6. The quantitative estimate of drug-likeness (QED) is 0.733. The second kappa shape index (κ2) is 9.42. The van der Waals surface area contributed by atoms with Gasteiger partial charge in [-0.1, -0.05) is 45.0 Å². The van der Waals surface area contributed by atoms with E-state index in [1.807, 2.05) is 32.9 Å². The number of ether oxygens (including phenoxy) is 1. The molecule has 140 valence electrons. The molecule has 0 unspecified atom stereocenters. The summed E-state index contributed by atoms with van der Waals surface area (Å²) in [7, 11) is 0. The Hall–Kier alpha value is -2.29. The fraction of sp³-hybridized carbons (Fsp3) is 0.435. The lowest BCUT2D eigenvalue weighted by atomic mass is 10.0. The van der Waals surface area contributed by atoms with Gasteiger partial charge in [-0.15, -0.1) is 0 Å². The predicted octanol–water partition coefficient (Wildman–Crippen LogP) is 4.90. The van der Waals surface area contributed by atoms with Gasteiger partial charge in [-0.3, -0.25) is 4.79 Å². The molecule has 2 rings (SSSR count). The Kier molecular flexibility index (Phi) is 7.26. The maximum atomic E-state index is 12.6. The van der Waals surface area contributed by atoms with Crippen LogP contribution in [0.5, 0.6) is 5.75 Å². The summed E-state index contributed by atoms with van der Waals surface area (Å²) in [5, 5.41) is 3.06. The second-order valence-electron chi connectivity index (χ2n) is 6.87. The molecule has 0 aliphatic rings. The standard InChI is InChI=1S/C23H31NO2/c1-6-18-9-10-19(7-2)20(14-18)15-24-23(25)22(8-3)26-21-12-16(4)11-17(5)13-21/h9-14,22H,6-8,15H2,1-5H3,(H,24,25)/t22-/m1/s1. The molecule has 0 heterocycles. The Morgan fingerprint density at radius 3 is 2.23 bits per heavy atom. The Morgan fingerprint density at radius 1 is 0.962 bits per heavy atom. The third-order valence-electron chi connectivity index (χ3n) is 4.65. The molecular formula is C23H31NO2. The largest absolute Gasteiger partial charge is 0.481 e. The van der Waals surface area contributed by atoms with Gasteiger partial charge in [-0.2, -0.15) is 0 Å². The molecule has 1 amide bonds. The van der Waals surface area contributed by atoms with Gasteiger partial charge in [0.2, 0.25) is 0 Å². The molecule has 0 bridgehead atoms. The first-order valence-electron chi connectivity index (χ1n) is 9.60. The molecule has 0 radical (unpaired) electrons. The molecule has 3 nitrogen and oxygen atoms in total. The molecule has 2 aromatic carbocycles. The van der Waals surface area contributed by atoms with E-state index in [2.05, 4.69) is 43.4 Å². The first-order valence-corrected chi connectivity index (χ1v) is 9.60. The molecule has 0 saturated carbocycles. The highest BCUT2D eigenvalue weighted by atomic mass is 16.5. The summed E-state index contributed by atoms with van der Waals surface area (Å²) in [5.74, 6) is 0.697. The molecule has 0 aromatic heterocycles. The predicted molar refractivity (Wildman–Crippen MR) is 108 cm³/mol. The number of nitrogens with one attached hydrogen (secondary N) is 1. The topological polar surface area (TPSA) is 38.3 Å². The van der Waals surface area contributed by atoms with Crippen molar-refractivity contribution in [1.82, 2.24) is 5.32 Å².